The molecule has 1 aliphatic heterocycles. The molecule has 1 fully saturated rings. The smallest absolute Gasteiger partial charge is 0.387 e. The predicted octanol–water partition coefficient (Wildman–Crippen LogP) is -1.17. The van der Waals surface area contributed by atoms with Gasteiger partial charge in [-0.05, 0) is 5.56 Å². The SMILES string of the molecule is O=S(=O)(O)OC[C@H]1O[C@H](OCc2ccccc2)[C@H](O)[C@@H](O)[C@@H]1O. The molecular weight excluding hydrogens is 332 g/mol. The summed E-state index contributed by atoms with van der Waals surface area (Å²) in [7, 11) is -4.73. The Kier molecular flexibility index (Phi) is 6.06. The molecular formula is C13H18O9S. The van der Waals surface area contributed by atoms with E-state index in [-0.39, 0.29) is 6.61 Å². The van der Waals surface area contributed by atoms with E-state index in [1.165, 1.54) is 0 Å². The fourth-order valence-electron chi connectivity index (χ4n) is 2.10. The minimum atomic E-state index is -4.73. The summed E-state index contributed by atoms with van der Waals surface area (Å²) < 4.78 is 44.4. The van der Waals surface area contributed by atoms with Gasteiger partial charge in [0.05, 0.1) is 13.2 Å². The number of rotatable bonds is 6. The van der Waals surface area contributed by atoms with E-state index >= 15 is 0 Å². The molecule has 0 radical (unpaired) electrons. The van der Waals surface area contributed by atoms with Gasteiger partial charge in [-0.15, -0.1) is 0 Å². The van der Waals surface area contributed by atoms with Crippen LogP contribution in [0.4, 0.5) is 0 Å². The summed E-state index contributed by atoms with van der Waals surface area (Å²) in [6, 6.07) is 8.95. The van der Waals surface area contributed by atoms with Crippen molar-refractivity contribution >= 4 is 10.4 Å². The monoisotopic (exact) mass is 350 g/mol. The summed E-state index contributed by atoms with van der Waals surface area (Å²) in [5, 5.41) is 29.4. The zero-order valence-corrected chi connectivity index (χ0v) is 12.7. The quantitative estimate of drug-likeness (QED) is 0.467. The van der Waals surface area contributed by atoms with Crippen LogP contribution < -0.4 is 0 Å². The zero-order chi connectivity index (χ0) is 17.0. The Balaban J connectivity index is 1.98. The fraction of sp³-hybridized carbons (Fsp3) is 0.538. The molecule has 0 amide bonds. The third-order valence-corrected chi connectivity index (χ3v) is 3.74. The third kappa shape index (κ3) is 5.19. The lowest BCUT2D eigenvalue weighted by Crippen LogP contribution is -2.59. The van der Waals surface area contributed by atoms with Crippen molar-refractivity contribution in [2.75, 3.05) is 6.61 Å². The van der Waals surface area contributed by atoms with Crippen LogP contribution in [0.1, 0.15) is 5.56 Å². The Labute approximate surface area is 133 Å². The molecule has 4 N–H and O–H groups in total. The Bertz CT molecular complexity index is 591. The Morgan fingerprint density at radius 1 is 1.04 bits per heavy atom. The van der Waals surface area contributed by atoms with Crippen molar-refractivity contribution < 1.29 is 41.9 Å². The molecule has 0 spiro atoms. The van der Waals surface area contributed by atoms with E-state index < -0.39 is 47.7 Å². The minimum absolute atomic E-state index is 0.0667. The third-order valence-electron chi connectivity index (χ3n) is 3.31. The first kappa shape index (κ1) is 18.2. The second-order valence-corrected chi connectivity index (χ2v) is 6.11. The van der Waals surface area contributed by atoms with Crippen molar-refractivity contribution in [3.63, 3.8) is 0 Å². The summed E-state index contributed by atoms with van der Waals surface area (Å²) >= 11 is 0. The molecule has 1 aliphatic rings. The number of hydrogen-bond donors (Lipinski definition) is 4. The van der Waals surface area contributed by atoms with Crippen LogP contribution in [0.5, 0.6) is 0 Å². The second kappa shape index (κ2) is 7.64. The molecule has 0 saturated carbocycles. The van der Waals surface area contributed by atoms with Crippen molar-refractivity contribution in [3.05, 3.63) is 35.9 Å². The van der Waals surface area contributed by atoms with Crippen molar-refractivity contribution in [3.8, 4) is 0 Å². The average molecular weight is 350 g/mol. The molecule has 2 rings (SSSR count). The molecule has 1 saturated heterocycles. The molecule has 0 unspecified atom stereocenters. The Hall–Kier alpha value is -1.11. The summed E-state index contributed by atoms with van der Waals surface area (Å²) in [4.78, 5) is 0. The zero-order valence-electron chi connectivity index (χ0n) is 11.9. The van der Waals surface area contributed by atoms with Crippen LogP contribution in [0.15, 0.2) is 30.3 Å². The molecule has 130 valence electrons. The molecule has 5 atom stereocenters. The standard InChI is InChI=1S/C13H18O9S/c14-10-9(7-21-23(17,18)19)22-13(12(16)11(10)15)20-6-8-4-2-1-3-5-8/h1-5,9-16H,6-7H2,(H,17,18,19)/t9-,10-,11+,12-,13+/m1/s1. The summed E-state index contributed by atoms with van der Waals surface area (Å²) in [5.74, 6) is 0. The molecule has 0 aliphatic carbocycles. The van der Waals surface area contributed by atoms with Gasteiger partial charge in [-0.1, -0.05) is 30.3 Å². The van der Waals surface area contributed by atoms with Crippen LogP contribution >= 0.6 is 0 Å². The largest absolute Gasteiger partial charge is 0.397 e. The van der Waals surface area contributed by atoms with E-state index in [1.54, 1.807) is 24.3 Å². The minimum Gasteiger partial charge on any atom is -0.387 e. The first-order chi connectivity index (χ1) is 10.8. The van der Waals surface area contributed by atoms with Crippen LogP contribution in [0.25, 0.3) is 0 Å². The fourth-order valence-corrected chi connectivity index (χ4v) is 2.40. The highest BCUT2D eigenvalue weighted by Crippen LogP contribution is 2.23. The Morgan fingerprint density at radius 3 is 2.30 bits per heavy atom. The van der Waals surface area contributed by atoms with Gasteiger partial charge in [0.1, 0.15) is 24.4 Å². The lowest BCUT2D eigenvalue weighted by molar-refractivity contribution is -0.303. The summed E-state index contributed by atoms with van der Waals surface area (Å²) in [5.41, 5.74) is 0.787. The maximum atomic E-state index is 10.6. The molecule has 0 aromatic heterocycles. The van der Waals surface area contributed by atoms with Crippen LogP contribution in [-0.4, -0.2) is 65.6 Å². The highest BCUT2D eigenvalue weighted by atomic mass is 32.3. The van der Waals surface area contributed by atoms with Gasteiger partial charge in [0.15, 0.2) is 6.29 Å². The number of aliphatic hydroxyl groups excluding tert-OH is 3. The van der Waals surface area contributed by atoms with E-state index in [1.807, 2.05) is 6.07 Å². The van der Waals surface area contributed by atoms with Crippen molar-refractivity contribution in [1.29, 1.82) is 0 Å². The summed E-state index contributed by atoms with van der Waals surface area (Å²) in [6.45, 7) is -0.674. The van der Waals surface area contributed by atoms with Crippen LogP contribution in [0.2, 0.25) is 0 Å². The highest BCUT2D eigenvalue weighted by Gasteiger charge is 2.44. The van der Waals surface area contributed by atoms with Gasteiger partial charge >= 0.3 is 10.4 Å². The van der Waals surface area contributed by atoms with Crippen LogP contribution in [0.3, 0.4) is 0 Å². The van der Waals surface area contributed by atoms with Gasteiger partial charge in [-0.2, -0.15) is 8.42 Å². The second-order valence-electron chi connectivity index (χ2n) is 5.02. The lowest BCUT2D eigenvalue weighted by Gasteiger charge is -2.39. The van der Waals surface area contributed by atoms with E-state index in [0.29, 0.717) is 0 Å². The van der Waals surface area contributed by atoms with Crippen LogP contribution in [-0.2, 0) is 30.7 Å². The molecule has 1 heterocycles. The maximum absolute atomic E-state index is 10.6. The average Bonchev–Trinajstić information content (AvgIpc) is 2.51. The number of benzene rings is 1. The van der Waals surface area contributed by atoms with Crippen molar-refractivity contribution in [2.45, 2.75) is 37.3 Å². The van der Waals surface area contributed by atoms with Crippen molar-refractivity contribution in [1.82, 2.24) is 0 Å². The van der Waals surface area contributed by atoms with Crippen LogP contribution in [0, 0.1) is 0 Å². The van der Waals surface area contributed by atoms with Gasteiger partial charge in [-0.25, -0.2) is 4.18 Å². The molecule has 0 bridgehead atoms. The first-order valence-corrected chi connectivity index (χ1v) is 8.11. The van der Waals surface area contributed by atoms with Gasteiger partial charge in [0.2, 0.25) is 0 Å². The topological polar surface area (TPSA) is 143 Å². The highest BCUT2D eigenvalue weighted by molar-refractivity contribution is 7.80. The number of aliphatic hydroxyl groups is 3. The van der Waals surface area contributed by atoms with Gasteiger partial charge in [0, 0.05) is 0 Å². The first-order valence-electron chi connectivity index (χ1n) is 6.75. The lowest BCUT2D eigenvalue weighted by atomic mass is 9.99. The molecule has 1 aromatic carbocycles. The predicted molar refractivity (Wildman–Crippen MR) is 75.4 cm³/mol. The molecule has 1 aromatic rings. The molecule has 23 heavy (non-hydrogen) atoms. The van der Waals surface area contributed by atoms with E-state index in [9.17, 15) is 23.7 Å². The maximum Gasteiger partial charge on any atom is 0.397 e. The Morgan fingerprint density at radius 2 is 1.70 bits per heavy atom. The van der Waals surface area contributed by atoms with E-state index in [0.717, 1.165) is 5.56 Å². The number of hydrogen-bond acceptors (Lipinski definition) is 8. The molecule has 10 heteroatoms. The van der Waals surface area contributed by atoms with E-state index in [4.69, 9.17) is 14.0 Å². The van der Waals surface area contributed by atoms with Gasteiger partial charge < -0.3 is 24.8 Å². The molecule has 9 nitrogen and oxygen atoms in total. The summed E-state index contributed by atoms with van der Waals surface area (Å²) in [6.07, 6.45) is -7.38. The normalized spacial score (nSPS) is 31.9. The van der Waals surface area contributed by atoms with Gasteiger partial charge in [0.25, 0.3) is 0 Å². The van der Waals surface area contributed by atoms with E-state index in [2.05, 4.69) is 4.18 Å². The van der Waals surface area contributed by atoms with Crippen molar-refractivity contribution in [2.24, 2.45) is 0 Å². The number of ether oxygens (including phenoxy) is 2. The van der Waals surface area contributed by atoms with Gasteiger partial charge in [-0.3, -0.25) is 4.55 Å².